The summed E-state index contributed by atoms with van der Waals surface area (Å²) in [6, 6.07) is 1.78. The summed E-state index contributed by atoms with van der Waals surface area (Å²) < 4.78 is 6.74. The van der Waals surface area contributed by atoms with Gasteiger partial charge in [0, 0.05) is 6.07 Å². The molecule has 0 radical (unpaired) electrons. The Labute approximate surface area is 145 Å². The third kappa shape index (κ3) is 3.91. The van der Waals surface area contributed by atoms with Crippen LogP contribution in [0.1, 0.15) is 26.5 Å². The average Bonchev–Trinajstić information content (AvgIpc) is 2.57. The van der Waals surface area contributed by atoms with Crippen LogP contribution in [0.3, 0.4) is 0 Å². The predicted octanol–water partition coefficient (Wildman–Crippen LogP) is 3.12. The first-order valence-corrected chi connectivity index (χ1v) is 8.64. The fraction of sp³-hybridized carbons (Fsp3) is 0.294. The maximum Gasteiger partial charge on any atom is 0.316 e. The first-order chi connectivity index (χ1) is 11.6. The van der Waals surface area contributed by atoms with Crippen molar-refractivity contribution in [2.24, 2.45) is 0 Å². The minimum absolute atomic E-state index is 0.190. The molecule has 0 bridgehead atoms. The molecule has 0 aliphatic heterocycles. The Morgan fingerprint density at radius 2 is 2.08 bits per heavy atom. The topological polar surface area (TPSA) is 69.9 Å². The van der Waals surface area contributed by atoms with Gasteiger partial charge in [-0.15, -0.1) is 0 Å². The summed E-state index contributed by atoms with van der Waals surface area (Å²) in [4.78, 5) is 25.5. The maximum absolute atomic E-state index is 12.6. The number of nitrogens with zero attached hydrogens (tertiary/aromatic N) is 4. The van der Waals surface area contributed by atoms with Crippen LogP contribution < -0.4 is 10.3 Å². The molecule has 2 aromatic heterocycles. The largest absolute Gasteiger partial charge is 0.464 e. The number of aromatic nitrogens is 4. The van der Waals surface area contributed by atoms with Crippen LogP contribution in [0.4, 0.5) is 0 Å². The smallest absolute Gasteiger partial charge is 0.316 e. The van der Waals surface area contributed by atoms with Crippen LogP contribution in [0.25, 0.3) is 11.3 Å². The van der Waals surface area contributed by atoms with E-state index in [4.69, 9.17) is 4.74 Å². The van der Waals surface area contributed by atoms with Gasteiger partial charge in [-0.3, -0.25) is 9.36 Å². The van der Waals surface area contributed by atoms with Crippen molar-refractivity contribution in [2.75, 3.05) is 12.4 Å². The zero-order valence-electron chi connectivity index (χ0n) is 14.0. The Bertz CT molecular complexity index is 797. The van der Waals surface area contributed by atoms with E-state index in [9.17, 15) is 4.79 Å². The molecule has 6 nitrogen and oxygen atoms in total. The first-order valence-electron chi connectivity index (χ1n) is 7.65. The van der Waals surface area contributed by atoms with E-state index in [0.29, 0.717) is 23.1 Å². The fourth-order valence-electron chi connectivity index (χ4n) is 2.07. The minimum Gasteiger partial charge on any atom is -0.464 e. The summed E-state index contributed by atoms with van der Waals surface area (Å²) in [5.41, 5.74) is 1.79. The zero-order chi connectivity index (χ0) is 17.5. The lowest BCUT2D eigenvalue weighted by Gasteiger charge is -2.12. The summed E-state index contributed by atoms with van der Waals surface area (Å²) >= 11 is 1.48. The Morgan fingerprint density at radius 1 is 1.38 bits per heavy atom. The molecule has 2 aromatic rings. The van der Waals surface area contributed by atoms with Crippen LogP contribution in [0, 0.1) is 0 Å². The van der Waals surface area contributed by atoms with E-state index in [1.807, 2.05) is 26.8 Å². The van der Waals surface area contributed by atoms with Gasteiger partial charge in [0.15, 0.2) is 5.16 Å². The average molecular weight is 344 g/mol. The van der Waals surface area contributed by atoms with Gasteiger partial charge in [0.2, 0.25) is 0 Å². The van der Waals surface area contributed by atoms with E-state index < -0.39 is 0 Å². The Hall–Kier alpha value is -2.41. The number of rotatable bonds is 7. The second-order valence-corrected chi connectivity index (χ2v) is 5.87. The van der Waals surface area contributed by atoms with Crippen LogP contribution in [0.15, 0.2) is 47.1 Å². The lowest BCUT2D eigenvalue weighted by atomic mass is 10.2. The number of thioether (sulfide) groups is 1. The highest BCUT2D eigenvalue weighted by molar-refractivity contribution is 7.99. The number of hydrogen-bond acceptors (Lipinski definition) is 6. The summed E-state index contributed by atoms with van der Waals surface area (Å²) in [6.07, 6.45) is 6.68. The van der Waals surface area contributed by atoms with Crippen molar-refractivity contribution in [2.45, 2.75) is 25.9 Å². The van der Waals surface area contributed by atoms with Crippen molar-refractivity contribution >= 4 is 17.3 Å². The number of allylic oxidation sites excluding steroid dienone is 3. The molecule has 0 N–H and O–H groups in total. The highest BCUT2D eigenvalue weighted by atomic mass is 32.2. The normalized spacial score (nSPS) is 11.4. The van der Waals surface area contributed by atoms with Crippen molar-refractivity contribution in [3.63, 3.8) is 0 Å². The van der Waals surface area contributed by atoms with E-state index >= 15 is 0 Å². The molecule has 0 saturated heterocycles. The molecule has 126 valence electrons. The van der Waals surface area contributed by atoms with Crippen molar-refractivity contribution in [1.82, 2.24) is 19.5 Å². The van der Waals surface area contributed by atoms with Crippen LogP contribution in [0.5, 0.6) is 6.01 Å². The van der Waals surface area contributed by atoms with Crippen molar-refractivity contribution < 1.29 is 4.74 Å². The molecule has 0 aliphatic carbocycles. The minimum atomic E-state index is -0.190. The summed E-state index contributed by atoms with van der Waals surface area (Å²) in [5, 5.41) is 0.592. The summed E-state index contributed by atoms with van der Waals surface area (Å²) in [5.74, 6) is 0.785. The van der Waals surface area contributed by atoms with Gasteiger partial charge in [0.1, 0.15) is 0 Å². The molecule has 0 saturated carbocycles. The quantitative estimate of drug-likeness (QED) is 0.437. The maximum atomic E-state index is 12.6. The van der Waals surface area contributed by atoms with E-state index in [-0.39, 0.29) is 11.6 Å². The molecular formula is C17H20N4O2S. The summed E-state index contributed by atoms with van der Waals surface area (Å²) in [6.45, 7) is 10.0. The molecule has 0 fully saturated rings. The van der Waals surface area contributed by atoms with Gasteiger partial charge in [0.05, 0.1) is 30.4 Å². The number of hydrogen-bond donors (Lipinski definition) is 0. The third-order valence-electron chi connectivity index (χ3n) is 3.13. The van der Waals surface area contributed by atoms with Crippen molar-refractivity contribution in [3.8, 4) is 11.7 Å². The fourth-order valence-corrected chi connectivity index (χ4v) is 2.82. The van der Waals surface area contributed by atoms with Crippen LogP contribution in [-0.2, 0) is 0 Å². The molecule has 0 aliphatic rings. The molecule has 7 heteroatoms. The van der Waals surface area contributed by atoms with Crippen molar-refractivity contribution in [1.29, 1.82) is 0 Å². The molecule has 2 heterocycles. The van der Waals surface area contributed by atoms with Gasteiger partial charge < -0.3 is 4.74 Å². The van der Waals surface area contributed by atoms with E-state index in [0.717, 1.165) is 11.3 Å². The van der Waals surface area contributed by atoms with E-state index in [2.05, 4.69) is 21.5 Å². The lowest BCUT2D eigenvalue weighted by molar-refractivity contribution is 0.312. The molecule has 24 heavy (non-hydrogen) atoms. The van der Waals surface area contributed by atoms with Crippen LogP contribution in [-0.4, -0.2) is 31.9 Å². The molecule has 0 unspecified atom stereocenters. The SMILES string of the molecule is C=C/C(=C\C)c1cc(=O)n(-c2cnc(OCC)nc2)c(SCC)n1. The summed E-state index contributed by atoms with van der Waals surface area (Å²) in [7, 11) is 0. The molecule has 0 aromatic carbocycles. The number of ether oxygens (including phenoxy) is 1. The Morgan fingerprint density at radius 3 is 2.62 bits per heavy atom. The van der Waals surface area contributed by atoms with Gasteiger partial charge in [-0.25, -0.2) is 15.0 Å². The van der Waals surface area contributed by atoms with Gasteiger partial charge in [-0.05, 0) is 25.2 Å². The van der Waals surface area contributed by atoms with Crippen LogP contribution >= 0.6 is 11.8 Å². The van der Waals surface area contributed by atoms with Gasteiger partial charge in [-0.2, -0.15) is 0 Å². The second kappa shape index (κ2) is 8.44. The molecule has 0 spiro atoms. The highest BCUT2D eigenvalue weighted by Gasteiger charge is 2.13. The molecule has 0 atom stereocenters. The van der Waals surface area contributed by atoms with Gasteiger partial charge in [-0.1, -0.05) is 37.4 Å². The van der Waals surface area contributed by atoms with E-state index in [1.165, 1.54) is 22.4 Å². The zero-order valence-corrected chi connectivity index (χ0v) is 14.8. The van der Waals surface area contributed by atoms with Gasteiger partial charge >= 0.3 is 6.01 Å². The Balaban J connectivity index is 2.56. The van der Waals surface area contributed by atoms with E-state index in [1.54, 1.807) is 18.5 Å². The second-order valence-electron chi connectivity index (χ2n) is 4.64. The third-order valence-corrected chi connectivity index (χ3v) is 3.95. The van der Waals surface area contributed by atoms with Crippen molar-refractivity contribution in [3.05, 3.63) is 53.2 Å². The first kappa shape index (κ1) is 17.9. The lowest BCUT2D eigenvalue weighted by Crippen LogP contribution is -2.22. The standard InChI is InChI=1S/C17H20N4O2S/c1-5-12(6-2)14-9-15(22)21(17(20-14)24-8-4)13-10-18-16(19-11-13)23-7-3/h5-6,9-11H,1,7-8H2,2-4H3/b12-6+. The van der Waals surface area contributed by atoms with Gasteiger partial charge in [0.25, 0.3) is 5.56 Å². The Kier molecular flexibility index (Phi) is 6.31. The molecule has 2 rings (SSSR count). The van der Waals surface area contributed by atoms with Crippen LogP contribution in [0.2, 0.25) is 0 Å². The monoisotopic (exact) mass is 344 g/mol. The predicted molar refractivity (Wildman–Crippen MR) is 96.8 cm³/mol. The molecule has 0 amide bonds. The molecular weight excluding hydrogens is 324 g/mol. The highest BCUT2D eigenvalue weighted by Crippen LogP contribution is 2.21.